The summed E-state index contributed by atoms with van der Waals surface area (Å²) in [6.45, 7) is 2.08. The van der Waals surface area contributed by atoms with Gasteiger partial charge < -0.3 is 0 Å². The van der Waals surface area contributed by atoms with Crippen LogP contribution in [0, 0.1) is 0 Å². The summed E-state index contributed by atoms with van der Waals surface area (Å²) in [5.74, 6) is 0. The Hall–Kier alpha value is -0.500. The molecule has 13 heavy (non-hydrogen) atoms. The second kappa shape index (κ2) is 3.33. The molecule has 1 atom stereocenters. The maximum Gasteiger partial charge on any atom is 0.0637 e. The number of hydrogen-bond donors (Lipinski definition) is 1. The second-order valence-electron chi connectivity index (χ2n) is 4.04. The quantitative estimate of drug-likeness (QED) is 0.567. The van der Waals surface area contributed by atoms with Crippen LogP contribution in [0.2, 0.25) is 0 Å². The summed E-state index contributed by atoms with van der Waals surface area (Å²) in [6.07, 6.45) is 11.2. The first kappa shape index (κ1) is 9.07. The van der Waals surface area contributed by atoms with Gasteiger partial charge >= 0.3 is 0 Å². The van der Waals surface area contributed by atoms with E-state index in [4.69, 9.17) is 0 Å². The van der Waals surface area contributed by atoms with Crippen LogP contribution in [-0.2, 0) is 0 Å². The Morgan fingerprint density at radius 1 is 1.31 bits per heavy atom. The first-order chi connectivity index (χ1) is 6.17. The summed E-state index contributed by atoms with van der Waals surface area (Å²) in [5.41, 5.74) is 2.88. The maximum atomic E-state index is 4.54. The van der Waals surface area contributed by atoms with Gasteiger partial charge in [0.2, 0.25) is 0 Å². The van der Waals surface area contributed by atoms with Crippen molar-refractivity contribution in [2.45, 2.75) is 37.4 Å². The zero-order valence-corrected chi connectivity index (χ0v) is 8.85. The third-order valence-corrected chi connectivity index (χ3v) is 2.83. The van der Waals surface area contributed by atoms with Crippen molar-refractivity contribution in [3.8, 4) is 0 Å². The summed E-state index contributed by atoms with van der Waals surface area (Å²) < 4.78 is -0.162. The molecule has 2 rings (SSSR count). The van der Waals surface area contributed by atoms with E-state index in [1.165, 1.54) is 36.8 Å². The first-order valence-corrected chi connectivity index (χ1v) is 5.30. The van der Waals surface area contributed by atoms with Crippen LogP contribution in [0.1, 0.15) is 32.6 Å². The molecule has 1 aliphatic carbocycles. The third kappa shape index (κ3) is 2.05. The number of rotatable bonds is 0. The van der Waals surface area contributed by atoms with Gasteiger partial charge in [0.05, 0.1) is 4.75 Å². The average Bonchev–Trinajstić information content (AvgIpc) is 2.21. The molecular formula is C11H15NS. The van der Waals surface area contributed by atoms with E-state index in [1.54, 1.807) is 0 Å². The van der Waals surface area contributed by atoms with Crippen molar-refractivity contribution in [3.05, 3.63) is 23.4 Å². The molecule has 1 aliphatic heterocycles. The van der Waals surface area contributed by atoms with Crippen LogP contribution in [-0.4, -0.2) is 11.0 Å². The Kier molecular flexibility index (Phi) is 2.33. The molecule has 0 aromatic carbocycles. The van der Waals surface area contributed by atoms with Crippen LogP contribution in [0.5, 0.6) is 0 Å². The molecule has 1 saturated carbocycles. The molecule has 2 heteroatoms. The highest BCUT2D eigenvalue weighted by Gasteiger charge is 2.20. The Balaban J connectivity index is 2.34. The van der Waals surface area contributed by atoms with E-state index in [9.17, 15) is 0 Å². The zero-order chi connectivity index (χ0) is 9.31. The van der Waals surface area contributed by atoms with E-state index in [1.807, 2.05) is 12.4 Å². The number of aliphatic imine (C=N–C) groups is 1. The zero-order valence-electron chi connectivity index (χ0n) is 7.95. The van der Waals surface area contributed by atoms with Crippen LogP contribution in [0.25, 0.3) is 0 Å². The molecule has 70 valence electrons. The lowest BCUT2D eigenvalue weighted by molar-refractivity contribution is 0.675. The highest BCUT2D eigenvalue weighted by Crippen LogP contribution is 2.32. The van der Waals surface area contributed by atoms with Gasteiger partial charge in [0, 0.05) is 12.4 Å². The van der Waals surface area contributed by atoms with Gasteiger partial charge in [0.1, 0.15) is 0 Å². The van der Waals surface area contributed by atoms with Crippen LogP contribution in [0.3, 0.4) is 0 Å². The Labute approximate surface area is 85.0 Å². The van der Waals surface area contributed by atoms with Gasteiger partial charge in [-0.15, -0.1) is 0 Å². The van der Waals surface area contributed by atoms with Gasteiger partial charge in [0.15, 0.2) is 0 Å². The molecular weight excluding hydrogens is 178 g/mol. The number of hydrogen-bond acceptors (Lipinski definition) is 2. The number of thiol groups is 1. The van der Waals surface area contributed by atoms with E-state index in [0.717, 1.165) is 0 Å². The maximum absolute atomic E-state index is 4.54. The molecule has 0 saturated heterocycles. The van der Waals surface area contributed by atoms with Crippen LogP contribution in [0.4, 0.5) is 0 Å². The first-order valence-electron chi connectivity index (χ1n) is 4.85. The number of nitrogens with zero attached hydrogens (tertiary/aromatic N) is 1. The number of allylic oxidation sites excluding steroid dienone is 2. The van der Waals surface area contributed by atoms with Crippen molar-refractivity contribution in [2.24, 2.45) is 4.99 Å². The monoisotopic (exact) mass is 193 g/mol. The fourth-order valence-electron chi connectivity index (χ4n) is 1.93. The smallest absolute Gasteiger partial charge is 0.0637 e. The normalized spacial score (nSPS) is 33.1. The second-order valence-corrected chi connectivity index (χ2v) is 5.00. The summed E-state index contributed by atoms with van der Waals surface area (Å²) >= 11 is 4.54. The summed E-state index contributed by atoms with van der Waals surface area (Å²) in [7, 11) is 0. The van der Waals surface area contributed by atoms with E-state index >= 15 is 0 Å². The lowest BCUT2D eigenvalue weighted by Gasteiger charge is -2.19. The summed E-state index contributed by atoms with van der Waals surface area (Å²) in [6, 6.07) is 0. The topological polar surface area (TPSA) is 12.4 Å². The lowest BCUT2D eigenvalue weighted by Crippen LogP contribution is -2.15. The minimum atomic E-state index is -0.162. The van der Waals surface area contributed by atoms with Crippen molar-refractivity contribution in [1.29, 1.82) is 0 Å². The minimum absolute atomic E-state index is 0.162. The van der Waals surface area contributed by atoms with Crippen molar-refractivity contribution >= 4 is 18.8 Å². The van der Waals surface area contributed by atoms with E-state index < -0.39 is 0 Å². The Bertz CT molecular complexity index is 297. The molecule has 1 heterocycles. The van der Waals surface area contributed by atoms with Gasteiger partial charge in [-0.05, 0) is 43.8 Å². The average molecular weight is 193 g/mol. The van der Waals surface area contributed by atoms with Crippen LogP contribution in [0.15, 0.2) is 28.4 Å². The summed E-state index contributed by atoms with van der Waals surface area (Å²) in [5, 5.41) is 0. The predicted molar refractivity (Wildman–Crippen MR) is 60.5 cm³/mol. The van der Waals surface area contributed by atoms with Crippen LogP contribution >= 0.6 is 12.6 Å². The third-order valence-electron chi connectivity index (χ3n) is 2.59. The molecule has 0 bridgehead atoms. The lowest BCUT2D eigenvalue weighted by atomic mass is 9.88. The largest absolute Gasteiger partial charge is 0.267 e. The fraction of sp³-hybridized carbons (Fsp3) is 0.545. The molecule has 1 unspecified atom stereocenters. The highest BCUT2D eigenvalue weighted by atomic mass is 32.1. The van der Waals surface area contributed by atoms with Crippen molar-refractivity contribution in [1.82, 2.24) is 0 Å². The van der Waals surface area contributed by atoms with Crippen molar-refractivity contribution in [3.63, 3.8) is 0 Å². The molecule has 0 aromatic heterocycles. The molecule has 0 amide bonds. The van der Waals surface area contributed by atoms with Gasteiger partial charge in [-0.25, -0.2) is 0 Å². The van der Waals surface area contributed by atoms with Crippen molar-refractivity contribution in [2.75, 3.05) is 0 Å². The van der Waals surface area contributed by atoms with E-state index in [0.29, 0.717) is 0 Å². The van der Waals surface area contributed by atoms with E-state index in [2.05, 4.69) is 30.6 Å². The fourth-order valence-corrected chi connectivity index (χ4v) is 2.15. The standard InChI is InChI=1S/C11H15NS/c1-11(13)6-9-4-2-3-5-10(9)7-12-8-11/h6-8,13H,2-5H2,1H3. The Morgan fingerprint density at radius 3 is 2.77 bits per heavy atom. The predicted octanol–water partition coefficient (Wildman–Crippen LogP) is 3.14. The van der Waals surface area contributed by atoms with Crippen LogP contribution < -0.4 is 0 Å². The van der Waals surface area contributed by atoms with E-state index in [-0.39, 0.29) is 4.75 Å². The van der Waals surface area contributed by atoms with Gasteiger partial charge in [-0.3, -0.25) is 4.99 Å². The van der Waals surface area contributed by atoms with Crippen molar-refractivity contribution < 1.29 is 0 Å². The number of fused-ring (bicyclic) bond motifs is 1. The Morgan fingerprint density at radius 2 is 2.00 bits per heavy atom. The summed E-state index contributed by atoms with van der Waals surface area (Å²) in [4.78, 5) is 4.29. The van der Waals surface area contributed by atoms with Gasteiger partial charge in [-0.1, -0.05) is 6.08 Å². The molecule has 2 aliphatic rings. The van der Waals surface area contributed by atoms with Gasteiger partial charge in [0.25, 0.3) is 0 Å². The molecule has 1 nitrogen and oxygen atoms in total. The highest BCUT2D eigenvalue weighted by molar-refractivity contribution is 7.82. The van der Waals surface area contributed by atoms with Gasteiger partial charge in [-0.2, -0.15) is 12.6 Å². The molecule has 0 N–H and O–H groups in total. The SMILES string of the molecule is CC1(S)C=NC=C2CCCCC2=C1. The molecule has 1 fully saturated rings. The molecule has 0 spiro atoms. The minimum Gasteiger partial charge on any atom is -0.267 e. The molecule has 0 aromatic rings. The molecule has 0 radical (unpaired) electrons.